The number of aryl methyl sites for hydroxylation is 1. The van der Waals surface area contributed by atoms with Crippen LogP contribution >= 0.6 is 11.3 Å². The summed E-state index contributed by atoms with van der Waals surface area (Å²) in [7, 11) is 0. The van der Waals surface area contributed by atoms with Gasteiger partial charge in [0, 0.05) is 22.0 Å². The fourth-order valence-electron chi connectivity index (χ4n) is 4.07. The second-order valence-corrected chi connectivity index (χ2v) is 7.87. The molecule has 2 aliphatic rings. The summed E-state index contributed by atoms with van der Waals surface area (Å²) in [6, 6.07) is 21.9. The highest BCUT2D eigenvalue weighted by atomic mass is 32.1. The first-order valence-corrected chi connectivity index (χ1v) is 10.0. The van der Waals surface area contributed by atoms with Gasteiger partial charge in [-0.05, 0) is 42.0 Å². The maximum absolute atomic E-state index is 13.1. The number of para-hydroxylation sites is 1. The second-order valence-electron chi connectivity index (χ2n) is 6.89. The number of hydrazone groups is 1. The fraction of sp³-hybridized carbons (Fsp3) is 0.182. The number of nitrogens with zero attached hydrogens (tertiary/aromatic N) is 2. The lowest BCUT2D eigenvalue weighted by Crippen LogP contribution is -2.34. The molecule has 3 aromatic rings. The molecule has 134 valence electrons. The van der Waals surface area contributed by atoms with Crippen LogP contribution in [0.1, 0.15) is 28.5 Å². The van der Waals surface area contributed by atoms with Crippen LogP contribution in [0.5, 0.6) is 0 Å². The van der Waals surface area contributed by atoms with Crippen LogP contribution in [-0.2, 0) is 6.42 Å². The molecule has 2 heterocycles. The van der Waals surface area contributed by atoms with Crippen LogP contribution in [0.2, 0.25) is 0 Å². The Morgan fingerprint density at radius 1 is 1.04 bits per heavy atom. The van der Waals surface area contributed by atoms with E-state index in [0.29, 0.717) is 0 Å². The van der Waals surface area contributed by atoms with E-state index in [-0.39, 0.29) is 18.0 Å². The molecule has 27 heavy (non-hydrogen) atoms. The lowest BCUT2D eigenvalue weighted by Gasteiger charge is -2.28. The van der Waals surface area contributed by atoms with Crippen LogP contribution in [0.3, 0.4) is 0 Å². The van der Waals surface area contributed by atoms with Crippen LogP contribution in [0, 0.1) is 5.92 Å². The highest BCUT2D eigenvalue weighted by Crippen LogP contribution is 2.44. The van der Waals surface area contributed by atoms with Crippen molar-refractivity contribution in [3.8, 4) is 0 Å². The van der Waals surface area contributed by atoms with Crippen LogP contribution in [0.15, 0.2) is 77.2 Å². The predicted molar refractivity (Wildman–Crippen MR) is 109 cm³/mol. The molecule has 0 bridgehead atoms. The predicted octanol–water partition coefficient (Wildman–Crippen LogP) is 5.30. The monoisotopic (exact) mass is 373 g/mol. The molecule has 0 spiro atoms. The zero-order chi connectivity index (χ0) is 18.2. The molecular weight excluding hydrogens is 354 g/mol. The molecule has 1 aliphatic heterocycles. The summed E-state index contributed by atoms with van der Waals surface area (Å²) in [4.78, 5) is 14.3. The van der Waals surface area contributed by atoms with Crippen LogP contribution in [0.4, 0.5) is 10.5 Å². The van der Waals surface area contributed by atoms with Gasteiger partial charge in [0.2, 0.25) is 0 Å². The second kappa shape index (κ2) is 6.67. The molecule has 1 aliphatic carbocycles. The smallest absolute Gasteiger partial charge is 0.306 e. The molecule has 5 heteroatoms. The summed E-state index contributed by atoms with van der Waals surface area (Å²) < 4.78 is 0. The number of thiophene rings is 1. The molecule has 2 aromatic carbocycles. The molecule has 0 radical (unpaired) electrons. The topological polar surface area (TPSA) is 44.7 Å². The Kier molecular flexibility index (Phi) is 4.02. The molecule has 2 atom stereocenters. The van der Waals surface area contributed by atoms with Gasteiger partial charge >= 0.3 is 6.03 Å². The molecule has 1 aromatic heterocycles. The van der Waals surface area contributed by atoms with Gasteiger partial charge in [-0.3, -0.25) is 0 Å². The zero-order valence-corrected chi connectivity index (χ0v) is 15.5. The summed E-state index contributed by atoms with van der Waals surface area (Å²) in [5, 5.41) is 11.5. The highest BCUT2D eigenvalue weighted by molar-refractivity contribution is 7.10. The average molecular weight is 373 g/mol. The standard InChI is InChI=1S/C22H19N3OS/c26-22(23-16-8-2-1-3-9-16)25-21(19-11-6-14-27-19)18-13-12-15-7-4-5-10-17(15)20(18)24-25/h1-11,14,18,21H,12-13H2,(H,23,26)/t18-,21+/m0/s1. The first kappa shape index (κ1) is 16.3. The van der Waals surface area contributed by atoms with Gasteiger partial charge in [-0.15, -0.1) is 11.3 Å². The van der Waals surface area contributed by atoms with Crippen molar-refractivity contribution < 1.29 is 4.79 Å². The quantitative estimate of drug-likeness (QED) is 0.650. The number of rotatable bonds is 2. The first-order valence-electron chi connectivity index (χ1n) is 9.17. The van der Waals surface area contributed by atoms with Gasteiger partial charge in [0.25, 0.3) is 0 Å². The first-order chi connectivity index (χ1) is 13.3. The summed E-state index contributed by atoms with van der Waals surface area (Å²) in [6.07, 6.45) is 2.03. The maximum atomic E-state index is 13.1. The minimum absolute atomic E-state index is 0.0444. The van der Waals surface area contributed by atoms with Crippen LogP contribution in [0.25, 0.3) is 0 Å². The summed E-state index contributed by atoms with van der Waals surface area (Å²) in [5.74, 6) is 0.236. The SMILES string of the molecule is O=C(Nc1ccccc1)N1N=C2c3ccccc3CC[C@@H]2[C@@H]1c1cccs1. The van der Waals surface area contributed by atoms with Crippen molar-refractivity contribution in [3.63, 3.8) is 0 Å². The number of carbonyl (C=O) groups is 1. The van der Waals surface area contributed by atoms with Gasteiger partial charge < -0.3 is 5.32 Å². The van der Waals surface area contributed by atoms with Gasteiger partial charge in [0.1, 0.15) is 0 Å². The number of carbonyl (C=O) groups excluding carboxylic acids is 1. The number of nitrogens with one attached hydrogen (secondary N) is 1. The van der Waals surface area contributed by atoms with E-state index in [4.69, 9.17) is 5.10 Å². The van der Waals surface area contributed by atoms with Crippen molar-refractivity contribution in [1.29, 1.82) is 0 Å². The van der Waals surface area contributed by atoms with Gasteiger partial charge in [-0.2, -0.15) is 5.10 Å². The van der Waals surface area contributed by atoms with E-state index in [1.54, 1.807) is 16.3 Å². The largest absolute Gasteiger partial charge is 0.342 e. The molecule has 5 rings (SSSR count). The fourth-order valence-corrected chi connectivity index (χ4v) is 4.95. The van der Waals surface area contributed by atoms with E-state index in [1.807, 2.05) is 36.4 Å². The van der Waals surface area contributed by atoms with Crippen molar-refractivity contribution in [2.24, 2.45) is 11.0 Å². The summed E-state index contributed by atoms with van der Waals surface area (Å²) in [5.41, 5.74) is 4.33. The molecule has 0 saturated heterocycles. The van der Waals surface area contributed by atoms with Gasteiger partial charge in [-0.25, -0.2) is 9.80 Å². The van der Waals surface area contributed by atoms with Crippen LogP contribution in [-0.4, -0.2) is 16.8 Å². The van der Waals surface area contributed by atoms with E-state index >= 15 is 0 Å². The third kappa shape index (κ3) is 2.84. The number of benzene rings is 2. The zero-order valence-electron chi connectivity index (χ0n) is 14.7. The summed E-state index contributed by atoms with van der Waals surface area (Å²) in [6.45, 7) is 0. The van der Waals surface area contributed by atoms with E-state index in [0.717, 1.165) is 24.2 Å². The maximum Gasteiger partial charge on any atom is 0.342 e. The van der Waals surface area contributed by atoms with Crippen molar-refractivity contribution in [2.45, 2.75) is 18.9 Å². The Morgan fingerprint density at radius 2 is 1.85 bits per heavy atom. The van der Waals surface area contributed by atoms with Gasteiger partial charge in [0.15, 0.2) is 0 Å². The molecule has 1 N–H and O–H groups in total. The number of hydrogen-bond acceptors (Lipinski definition) is 3. The number of urea groups is 1. The van der Waals surface area contributed by atoms with E-state index in [9.17, 15) is 4.79 Å². The van der Waals surface area contributed by atoms with Gasteiger partial charge in [-0.1, -0.05) is 48.5 Å². The Balaban J connectivity index is 1.54. The van der Waals surface area contributed by atoms with Crippen molar-refractivity contribution in [1.82, 2.24) is 5.01 Å². The lowest BCUT2D eigenvalue weighted by atomic mass is 9.79. The lowest BCUT2D eigenvalue weighted by molar-refractivity contribution is 0.189. The Hall–Kier alpha value is -2.92. The third-order valence-electron chi connectivity index (χ3n) is 5.30. The molecular formula is C22H19N3OS. The van der Waals surface area contributed by atoms with Crippen molar-refractivity contribution >= 4 is 28.8 Å². The molecule has 0 fully saturated rings. The van der Waals surface area contributed by atoms with E-state index in [2.05, 4.69) is 41.0 Å². The van der Waals surface area contributed by atoms with Crippen LogP contribution < -0.4 is 5.32 Å². The van der Waals surface area contributed by atoms with E-state index in [1.165, 1.54) is 16.0 Å². The Morgan fingerprint density at radius 3 is 2.67 bits per heavy atom. The summed E-state index contributed by atoms with van der Waals surface area (Å²) >= 11 is 1.69. The van der Waals surface area contributed by atoms with E-state index < -0.39 is 0 Å². The molecule has 4 nitrogen and oxygen atoms in total. The normalized spacial score (nSPS) is 20.6. The minimum atomic E-state index is -0.181. The number of fused-ring (bicyclic) bond motifs is 3. The third-order valence-corrected chi connectivity index (χ3v) is 6.24. The average Bonchev–Trinajstić information content (AvgIpc) is 3.36. The highest BCUT2D eigenvalue weighted by Gasteiger charge is 2.44. The molecule has 0 unspecified atom stereocenters. The number of hydrogen-bond donors (Lipinski definition) is 1. The number of anilines is 1. The Bertz CT molecular complexity index is 997. The molecule has 2 amide bonds. The van der Waals surface area contributed by atoms with Gasteiger partial charge in [0.05, 0.1) is 11.8 Å². The number of amides is 2. The van der Waals surface area contributed by atoms with Crippen molar-refractivity contribution in [2.75, 3.05) is 5.32 Å². The molecule has 0 saturated carbocycles. The Labute approximate surface area is 162 Å². The minimum Gasteiger partial charge on any atom is -0.306 e. The van der Waals surface area contributed by atoms with Crippen molar-refractivity contribution in [3.05, 3.63) is 88.1 Å².